The molecule has 2 fully saturated rings. The van der Waals surface area contributed by atoms with E-state index in [1.807, 2.05) is 0 Å². The van der Waals surface area contributed by atoms with Gasteiger partial charge in [-0.3, -0.25) is 4.79 Å². The molecule has 1 heterocycles. The molecule has 1 saturated carbocycles. The van der Waals surface area contributed by atoms with Gasteiger partial charge >= 0.3 is 0 Å². The largest absolute Gasteiger partial charge is 0.394 e. The van der Waals surface area contributed by atoms with Crippen molar-refractivity contribution in [2.45, 2.75) is 64.3 Å². The molecule has 1 aliphatic heterocycles. The molecule has 0 aromatic rings. The van der Waals surface area contributed by atoms with Crippen molar-refractivity contribution in [2.75, 3.05) is 19.8 Å². The molecule has 0 aromatic carbocycles. The van der Waals surface area contributed by atoms with Crippen LogP contribution in [0.5, 0.6) is 0 Å². The molecule has 2 aliphatic rings. The third-order valence-corrected chi connectivity index (χ3v) is 4.97. The summed E-state index contributed by atoms with van der Waals surface area (Å²) < 4.78 is 5.36. The van der Waals surface area contributed by atoms with Gasteiger partial charge in [-0.15, -0.1) is 0 Å². The first kappa shape index (κ1) is 15.8. The zero-order chi connectivity index (χ0) is 14.6. The normalized spacial score (nSPS) is 24.8. The van der Waals surface area contributed by atoms with Crippen LogP contribution in [0.3, 0.4) is 0 Å². The van der Waals surface area contributed by atoms with Gasteiger partial charge in [-0.05, 0) is 38.0 Å². The lowest BCUT2D eigenvalue weighted by Gasteiger charge is -2.40. The molecule has 4 heteroatoms. The van der Waals surface area contributed by atoms with Crippen molar-refractivity contribution in [3.05, 3.63) is 0 Å². The molecular formula is C16H29NO3. The smallest absolute Gasteiger partial charge is 0.226 e. The van der Waals surface area contributed by atoms with Crippen molar-refractivity contribution in [3.8, 4) is 0 Å². The van der Waals surface area contributed by atoms with Crippen molar-refractivity contribution >= 4 is 5.91 Å². The second-order valence-corrected chi connectivity index (χ2v) is 7.09. The average molecular weight is 283 g/mol. The van der Waals surface area contributed by atoms with E-state index < -0.39 is 5.54 Å². The highest BCUT2D eigenvalue weighted by Gasteiger charge is 2.44. The van der Waals surface area contributed by atoms with Crippen LogP contribution in [0.1, 0.15) is 58.8 Å². The monoisotopic (exact) mass is 283 g/mol. The summed E-state index contributed by atoms with van der Waals surface area (Å²) in [4.78, 5) is 12.9. The summed E-state index contributed by atoms with van der Waals surface area (Å²) in [5.74, 6) is 0.693. The van der Waals surface area contributed by atoms with Gasteiger partial charge in [-0.2, -0.15) is 0 Å². The average Bonchev–Trinajstić information content (AvgIpc) is 2.89. The van der Waals surface area contributed by atoms with E-state index in [1.54, 1.807) is 0 Å². The summed E-state index contributed by atoms with van der Waals surface area (Å²) in [6.45, 7) is 5.63. The first-order valence-corrected chi connectivity index (χ1v) is 8.03. The zero-order valence-corrected chi connectivity index (χ0v) is 12.9. The van der Waals surface area contributed by atoms with E-state index in [1.165, 1.54) is 0 Å². The highest BCUT2D eigenvalue weighted by Crippen LogP contribution is 2.44. The molecule has 116 valence electrons. The molecule has 0 bridgehead atoms. The van der Waals surface area contributed by atoms with Gasteiger partial charge in [0, 0.05) is 18.6 Å². The molecule has 0 spiro atoms. The summed E-state index contributed by atoms with van der Waals surface area (Å²) in [5, 5.41) is 12.9. The Kier molecular flexibility index (Phi) is 5.08. The summed E-state index contributed by atoms with van der Waals surface area (Å²) >= 11 is 0. The van der Waals surface area contributed by atoms with Gasteiger partial charge in [0.2, 0.25) is 5.91 Å². The fourth-order valence-corrected chi connectivity index (χ4v) is 3.82. The molecule has 0 atom stereocenters. The minimum Gasteiger partial charge on any atom is -0.394 e. The lowest BCUT2D eigenvalue weighted by atomic mass is 9.76. The van der Waals surface area contributed by atoms with Gasteiger partial charge < -0.3 is 15.2 Å². The standard InChI is InChI=1S/C16H29NO3/c1-13(2)11-15(5-3-4-6-15)14(19)17-16(12-18)7-9-20-10-8-16/h13,18H,3-12H2,1-2H3,(H,17,19). The molecule has 2 rings (SSSR count). The maximum atomic E-state index is 12.9. The Morgan fingerprint density at radius 1 is 1.20 bits per heavy atom. The second kappa shape index (κ2) is 6.44. The van der Waals surface area contributed by atoms with Crippen molar-refractivity contribution in [3.63, 3.8) is 0 Å². The molecule has 0 aromatic heterocycles. The van der Waals surface area contributed by atoms with Crippen molar-refractivity contribution in [2.24, 2.45) is 11.3 Å². The van der Waals surface area contributed by atoms with Crippen LogP contribution >= 0.6 is 0 Å². The maximum absolute atomic E-state index is 12.9. The van der Waals surface area contributed by atoms with Gasteiger partial charge in [-0.1, -0.05) is 26.7 Å². The van der Waals surface area contributed by atoms with Crippen LogP contribution in [-0.2, 0) is 9.53 Å². The molecular weight excluding hydrogens is 254 g/mol. The highest BCUT2D eigenvalue weighted by molar-refractivity contribution is 5.83. The van der Waals surface area contributed by atoms with Gasteiger partial charge in [-0.25, -0.2) is 0 Å². The summed E-state index contributed by atoms with van der Waals surface area (Å²) in [6, 6.07) is 0. The van der Waals surface area contributed by atoms with E-state index in [0.717, 1.165) is 32.1 Å². The number of aliphatic hydroxyl groups excluding tert-OH is 1. The van der Waals surface area contributed by atoms with E-state index in [-0.39, 0.29) is 17.9 Å². The van der Waals surface area contributed by atoms with Crippen LogP contribution in [0, 0.1) is 11.3 Å². The lowest BCUT2D eigenvalue weighted by molar-refractivity contribution is -0.136. The lowest BCUT2D eigenvalue weighted by Crippen LogP contribution is -2.58. The number of hydrogen-bond acceptors (Lipinski definition) is 3. The van der Waals surface area contributed by atoms with E-state index in [0.29, 0.717) is 32.0 Å². The predicted molar refractivity (Wildman–Crippen MR) is 78.4 cm³/mol. The zero-order valence-electron chi connectivity index (χ0n) is 12.9. The first-order valence-electron chi connectivity index (χ1n) is 8.03. The second-order valence-electron chi connectivity index (χ2n) is 7.09. The molecule has 1 aliphatic carbocycles. The van der Waals surface area contributed by atoms with Gasteiger partial charge in [0.05, 0.1) is 12.1 Å². The third-order valence-electron chi connectivity index (χ3n) is 4.97. The molecule has 2 N–H and O–H groups in total. The van der Waals surface area contributed by atoms with Crippen LogP contribution in [0.15, 0.2) is 0 Å². The number of carbonyl (C=O) groups excluding carboxylic acids is 1. The third kappa shape index (κ3) is 3.34. The number of amides is 1. The summed E-state index contributed by atoms with van der Waals surface area (Å²) in [6.07, 6.45) is 6.67. The molecule has 20 heavy (non-hydrogen) atoms. The van der Waals surface area contributed by atoms with Gasteiger partial charge in [0.15, 0.2) is 0 Å². The van der Waals surface area contributed by atoms with E-state index >= 15 is 0 Å². The molecule has 4 nitrogen and oxygen atoms in total. The van der Waals surface area contributed by atoms with Crippen LogP contribution in [0.2, 0.25) is 0 Å². The Morgan fingerprint density at radius 3 is 2.30 bits per heavy atom. The van der Waals surface area contributed by atoms with Gasteiger partial charge in [0.1, 0.15) is 0 Å². The fraction of sp³-hybridized carbons (Fsp3) is 0.938. The maximum Gasteiger partial charge on any atom is 0.226 e. The molecule has 0 radical (unpaired) electrons. The quantitative estimate of drug-likeness (QED) is 0.813. The number of carbonyl (C=O) groups is 1. The number of rotatable bonds is 5. The van der Waals surface area contributed by atoms with Crippen LogP contribution in [0.25, 0.3) is 0 Å². The highest BCUT2D eigenvalue weighted by atomic mass is 16.5. The Morgan fingerprint density at radius 2 is 1.80 bits per heavy atom. The number of ether oxygens (including phenoxy) is 1. The minimum atomic E-state index is -0.456. The Bertz CT molecular complexity index is 329. The Hall–Kier alpha value is -0.610. The van der Waals surface area contributed by atoms with E-state index in [2.05, 4.69) is 19.2 Å². The van der Waals surface area contributed by atoms with Crippen molar-refractivity contribution in [1.82, 2.24) is 5.32 Å². The van der Waals surface area contributed by atoms with Crippen molar-refractivity contribution in [1.29, 1.82) is 0 Å². The molecule has 0 unspecified atom stereocenters. The minimum absolute atomic E-state index is 0.0137. The van der Waals surface area contributed by atoms with E-state index in [9.17, 15) is 9.90 Å². The topological polar surface area (TPSA) is 58.6 Å². The predicted octanol–water partition coefficient (Wildman–Crippen LogP) is 2.25. The number of aliphatic hydroxyl groups is 1. The first-order chi connectivity index (χ1) is 9.52. The van der Waals surface area contributed by atoms with Gasteiger partial charge in [0.25, 0.3) is 0 Å². The Labute approximate surface area is 122 Å². The summed E-state index contributed by atoms with van der Waals surface area (Å²) in [5.41, 5.74) is -0.656. The van der Waals surface area contributed by atoms with Crippen molar-refractivity contribution < 1.29 is 14.6 Å². The number of hydrogen-bond donors (Lipinski definition) is 2. The molecule has 1 amide bonds. The SMILES string of the molecule is CC(C)CC1(C(=O)NC2(CO)CCOCC2)CCCC1. The Balaban J connectivity index is 2.07. The molecule has 1 saturated heterocycles. The van der Waals surface area contributed by atoms with Crippen LogP contribution in [0.4, 0.5) is 0 Å². The fourth-order valence-electron chi connectivity index (χ4n) is 3.82. The van der Waals surface area contributed by atoms with Crippen LogP contribution in [-0.4, -0.2) is 36.4 Å². The van der Waals surface area contributed by atoms with Crippen LogP contribution < -0.4 is 5.32 Å². The number of nitrogens with one attached hydrogen (secondary N) is 1. The van der Waals surface area contributed by atoms with E-state index in [4.69, 9.17) is 4.74 Å². The summed E-state index contributed by atoms with van der Waals surface area (Å²) in [7, 11) is 0.